The van der Waals surface area contributed by atoms with Gasteiger partial charge in [-0.2, -0.15) is 0 Å². The van der Waals surface area contributed by atoms with E-state index in [1.54, 1.807) is 26.4 Å². The maximum atomic E-state index is 12.3. The van der Waals surface area contributed by atoms with Crippen LogP contribution in [0.3, 0.4) is 0 Å². The molecule has 0 spiro atoms. The van der Waals surface area contributed by atoms with Crippen LogP contribution in [0.1, 0.15) is 24.5 Å². The molecule has 8 heteroatoms. The zero-order valence-electron chi connectivity index (χ0n) is 18.0. The Morgan fingerprint density at radius 2 is 1.63 bits per heavy atom. The molecule has 2 aromatic rings. The van der Waals surface area contributed by atoms with E-state index in [1.165, 1.54) is 0 Å². The standard InChI is InChI=1S/C22H30N2O5S/c1-5-17-8-11-19(12-9-17)24(30(4,26)27)16-22(25)23-14-6-7-18-10-13-20(28-2)21(15-18)29-3/h8-13,15H,5-7,14,16H2,1-4H3,(H,23,25). The third kappa shape index (κ3) is 6.66. The lowest BCUT2D eigenvalue weighted by Gasteiger charge is -2.22. The number of ether oxygens (including phenoxy) is 2. The molecule has 2 aromatic carbocycles. The monoisotopic (exact) mass is 434 g/mol. The predicted octanol–water partition coefficient (Wildman–Crippen LogP) is 2.78. The van der Waals surface area contributed by atoms with E-state index in [0.717, 1.165) is 34.5 Å². The number of aryl methyl sites for hydroxylation is 2. The van der Waals surface area contributed by atoms with Crippen molar-refractivity contribution < 1.29 is 22.7 Å². The van der Waals surface area contributed by atoms with E-state index >= 15 is 0 Å². The first-order valence-electron chi connectivity index (χ1n) is 9.82. The molecule has 0 fully saturated rings. The highest BCUT2D eigenvalue weighted by molar-refractivity contribution is 7.92. The van der Waals surface area contributed by atoms with Crippen molar-refractivity contribution in [3.8, 4) is 11.5 Å². The zero-order chi connectivity index (χ0) is 22.1. The summed E-state index contributed by atoms with van der Waals surface area (Å²) in [5.74, 6) is 0.992. The van der Waals surface area contributed by atoms with Crippen molar-refractivity contribution in [2.24, 2.45) is 0 Å². The molecule has 0 saturated heterocycles. The van der Waals surface area contributed by atoms with Gasteiger partial charge < -0.3 is 14.8 Å². The van der Waals surface area contributed by atoms with Gasteiger partial charge in [0.15, 0.2) is 11.5 Å². The highest BCUT2D eigenvalue weighted by atomic mass is 32.2. The summed E-state index contributed by atoms with van der Waals surface area (Å²) in [7, 11) is -0.397. The molecule has 0 bridgehead atoms. The Morgan fingerprint density at radius 3 is 2.20 bits per heavy atom. The second-order valence-electron chi connectivity index (χ2n) is 6.93. The number of benzene rings is 2. The Hall–Kier alpha value is -2.74. The first-order chi connectivity index (χ1) is 14.3. The summed E-state index contributed by atoms with van der Waals surface area (Å²) in [4.78, 5) is 12.3. The lowest BCUT2D eigenvalue weighted by molar-refractivity contribution is -0.119. The quantitative estimate of drug-likeness (QED) is 0.550. The third-order valence-electron chi connectivity index (χ3n) is 4.73. The van der Waals surface area contributed by atoms with Crippen molar-refractivity contribution >= 4 is 21.6 Å². The van der Waals surface area contributed by atoms with Gasteiger partial charge in [-0.25, -0.2) is 8.42 Å². The normalized spacial score (nSPS) is 11.1. The smallest absolute Gasteiger partial charge is 0.240 e. The molecule has 164 valence electrons. The van der Waals surface area contributed by atoms with Gasteiger partial charge in [0.1, 0.15) is 6.54 Å². The Balaban J connectivity index is 1.90. The lowest BCUT2D eigenvalue weighted by atomic mass is 10.1. The lowest BCUT2D eigenvalue weighted by Crippen LogP contribution is -2.40. The molecule has 0 saturated carbocycles. The molecule has 0 heterocycles. The van der Waals surface area contributed by atoms with Crippen molar-refractivity contribution in [2.45, 2.75) is 26.2 Å². The van der Waals surface area contributed by atoms with Gasteiger partial charge in [-0.05, 0) is 54.7 Å². The Kier molecular flexibility index (Phi) is 8.53. The van der Waals surface area contributed by atoms with Gasteiger partial charge in [0.05, 0.1) is 26.2 Å². The van der Waals surface area contributed by atoms with Gasteiger partial charge in [0.2, 0.25) is 15.9 Å². The molecule has 0 aliphatic rings. The second kappa shape index (κ2) is 10.9. The maximum absolute atomic E-state index is 12.3. The van der Waals surface area contributed by atoms with Crippen LogP contribution in [0.15, 0.2) is 42.5 Å². The SMILES string of the molecule is CCc1ccc(N(CC(=O)NCCCc2ccc(OC)c(OC)c2)S(C)(=O)=O)cc1. The highest BCUT2D eigenvalue weighted by Crippen LogP contribution is 2.27. The van der Waals surface area contributed by atoms with Gasteiger partial charge in [-0.3, -0.25) is 9.10 Å². The van der Waals surface area contributed by atoms with Crippen LogP contribution in [0.5, 0.6) is 11.5 Å². The van der Waals surface area contributed by atoms with Crippen LogP contribution >= 0.6 is 0 Å². The number of methoxy groups -OCH3 is 2. The number of hydrogen-bond acceptors (Lipinski definition) is 5. The average Bonchev–Trinajstić information content (AvgIpc) is 2.74. The van der Waals surface area contributed by atoms with Crippen LogP contribution in [0.4, 0.5) is 5.69 Å². The van der Waals surface area contributed by atoms with Crippen molar-refractivity contribution in [1.29, 1.82) is 0 Å². The highest BCUT2D eigenvalue weighted by Gasteiger charge is 2.20. The first kappa shape index (κ1) is 23.5. The minimum absolute atomic E-state index is 0.249. The summed E-state index contributed by atoms with van der Waals surface area (Å²) in [6.45, 7) is 2.22. The molecule has 0 aromatic heterocycles. The molecule has 0 aliphatic heterocycles. The number of rotatable bonds is 11. The van der Waals surface area contributed by atoms with E-state index in [2.05, 4.69) is 5.32 Å². The van der Waals surface area contributed by atoms with E-state index in [9.17, 15) is 13.2 Å². The first-order valence-corrected chi connectivity index (χ1v) is 11.7. The van der Waals surface area contributed by atoms with E-state index in [0.29, 0.717) is 30.2 Å². The van der Waals surface area contributed by atoms with Crippen LogP contribution in [0.2, 0.25) is 0 Å². The molecule has 30 heavy (non-hydrogen) atoms. The number of carbonyl (C=O) groups is 1. The summed E-state index contributed by atoms with van der Waals surface area (Å²) in [6, 6.07) is 12.9. The third-order valence-corrected chi connectivity index (χ3v) is 5.87. The second-order valence-corrected chi connectivity index (χ2v) is 8.84. The van der Waals surface area contributed by atoms with Gasteiger partial charge in [0.25, 0.3) is 0 Å². The molecule has 0 atom stereocenters. The van der Waals surface area contributed by atoms with E-state index < -0.39 is 10.0 Å². The van der Waals surface area contributed by atoms with Crippen molar-refractivity contribution in [1.82, 2.24) is 5.32 Å². The molecule has 0 aliphatic carbocycles. The van der Waals surface area contributed by atoms with Gasteiger partial charge >= 0.3 is 0 Å². The Labute approximate surface area is 179 Å². The number of nitrogens with one attached hydrogen (secondary N) is 1. The Morgan fingerprint density at radius 1 is 1.00 bits per heavy atom. The van der Waals surface area contributed by atoms with E-state index in [-0.39, 0.29) is 12.5 Å². The molecular formula is C22H30N2O5S. The fraction of sp³-hybridized carbons (Fsp3) is 0.409. The van der Waals surface area contributed by atoms with Crippen LogP contribution in [-0.4, -0.2) is 47.9 Å². The zero-order valence-corrected chi connectivity index (χ0v) is 18.8. The molecular weight excluding hydrogens is 404 g/mol. The number of carbonyl (C=O) groups excluding carboxylic acids is 1. The largest absolute Gasteiger partial charge is 0.493 e. The van der Waals surface area contributed by atoms with Crippen molar-refractivity contribution in [3.05, 3.63) is 53.6 Å². The Bertz CT molecular complexity index is 943. The fourth-order valence-corrected chi connectivity index (χ4v) is 3.90. The van der Waals surface area contributed by atoms with Gasteiger partial charge in [-0.15, -0.1) is 0 Å². The molecule has 2 rings (SSSR count). The molecule has 1 amide bonds. The minimum Gasteiger partial charge on any atom is -0.493 e. The van der Waals surface area contributed by atoms with Crippen LogP contribution in [-0.2, 0) is 27.7 Å². The molecule has 1 N–H and O–H groups in total. The van der Waals surface area contributed by atoms with Gasteiger partial charge in [-0.1, -0.05) is 25.1 Å². The number of amides is 1. The molecule has 7 nitrogen and oxygen atoms in total. The van der Waals surface area contributed by atoms with Gasteiger partial charge in [0, 0.05) is 6.54 Å². The summed E-state index contributed by atoms with van der Waals surface area (Å²) in [5, 5.41) is 2.80. The van der Waals surface area contributed by atoms with Crippen LogP contribution in [0, 0.1) is 0 Å². The predicted molar refractivity (Wildman–Crippen MR) is 119 cm³/mol. The number of sulfonamides is 1. The average molecular weight is 435 g/mol. The number of anilines is 1. The topological polar surface area (TPSA) is 84.9 Å². The van der Waals surface area contributed by atoms with E-state index in [1.807, 2.05) is 37.3 Å². The summed E-state index contributed by atoms with van der Waals surface area (Å²) in [6.07, 6.45) is 3.42. The number of hydrogen-bond donors (Lipinski definition) is 1. The molecule has 0 unspecified atom stereocenters. The van der Waals surface area contributed by atoms with Crippen LogP contribution in [0.25, 0.3) is 0 Å². The minimum atomic E-state index is -3.57. The number of nitrogens with zero attached hydrogens (tertiary/aromatic N) is 1. The summed E-state index contributed by atoms with van der Waals surface area (Å²) < 4.78 is 36.0. The maximum Gasteiger partial charge on any atom is 0.240 e. The van der Waals surface area contributed by atoms with Crippen LogP contribution < -0.4 is 19.1 Å². The summed E-state index contributed by atoms with van der Waals surface area (Å²) >= 11 is 0. The fourth-order valence-electron chi connectivity index (χ4n) is 3.04. The van der Waals surface area contributed by atoms with Crippen molar-refractivity contribution in [3.63, 3.8) is 0 Å². The molecule has 0 radical (unpaired) electrons. The van der Waals surface area contributed by atoms with E-state index in [4.69, 9.17) is 9.47 Å². The van der Waals surface area contributed by atoms with Crippen molar-refractivity contribution in [2.75, 3.05) is 37.9 Å². The summed E-state index contributed by atoms with van der Waals surface area (Å²) in [5.41, 5.74) is 2.65.